The van der Waals surface area contributed by atoms with Gasteiger partial charge in [-0.3, -0.25) is 10.1 Å². The van der Waals surface area contributed by atoms with Crippen LogP contribution in [0, 0.1) is 12.7 Å². The minimum Gasteiger partial charge on any atom is -0.300 e. The molecule has 0 saturated heterocycles. The first kappa shape index (κ1) is 14.6. The molecule has 106 valence electrons. The van der Waals surface area contributed by atoms with Gasteiger partial charge in [0.25, 0.3) is 0 Å². The molecule has 0 unspecified atom stereocenters. The zero-order valence-electron chi connectivity index (χ0n) is 11.2. The lowest BCUT2D eigenvalue weighted by Gasteiger charge is -2.06. The highest BCUT2D eigenvalue weighted by Crippen LogP contribution is 2.19. The molecule has 0 bridgehead atoms. The van der Waals surface area contributed by atoms with Crippen LogP contribution < -0.4 is 5.32 Å². The van der Waals surface area contributed by atoms with Gasteiger partial charge in [0.2, 0.25) is 11.9 Å². The van der Waals surface area contributed by atoms with Gasteiger partial charge in [-0.1, -0.05) is 15.9 Å². The molecule has 0 aliphatic rings. The van der Waals surface area contributed by atoms with Gasteiger partial charge in [0.05, 0.1) is 0 Å². The molecular formula is C13H14BrFN4O. The number of nitrogens with one attached hydrogen (secondary N) is 1. The molecule has 1 heterocycles. The average molecular weight is 341 g/mol. The van der Waals surface area contributed by atoms with Gasteiger partial charge in [0, 0.05) is 17.9 Å². The molecule has 5 nitrogen and oxygen atoms in total. The summed E-state index contributed by atoms with van der Waals surface area (Å²) in [6, 6.07) is 4.43. The van der Waals surface area contributed by atoms with Crippen LogP contribution in [-0.2, 0) is 18.3 Å². The van der Waals surface area contributed by atoms with Crippen LogP contribution in [0.4, 0.5) is 10.3 Å². The molecular weight excluding hydrogens is 327 g/mol. The van der Waals surface area contributed by atoms with Gasteiger partial charge in [0.1, 0.15) is 11.6 Å². The van der Waals surface area contributed by atoms with Crippen molar-refractivity contribution in [2.75, 3.05) is 5.32 Å². The number of rotatable bonds is 4. The number of amides is 1. The van der Waals surface area contributed by atoms with Crippen molar-refractivity contribution in [1.82, 2.24) is 14.8 Å². The van der Waals surface area contributed by atoms with Crippen LogP contribution in [0.1, 0.15) is 17.8 Å². The Balaban J connectivity index is 1.95. The number of carbonyl (C=O) groups is 1. The second kappa shape index (κ2) is 6.13. The highest BCUT2D eigenvalue weighted by atomic mass is 79.9. The highest BCUT2D eigenvalue weighted by Gasteiger charge is 2.10. The smallest absolute Gasteiger partial charge is 0.230 e. The molecule has 0 fully saturated rings. The topological polar surface area (TPSA) is 59.8 Å². The summed E-state index contributed by atoms with van der Waals surface area (Å²) >= 11 is 3.34. The SMILES string of the molecule is Cc1nnc(NC(=O)CCc2cc(F)ccc2Br)n1C. The Labute approximate surface area is 124 Å². The molecule has 1 aromatic carbocycles. The summed E-state index contributed by atoms with van der Waals surface area (Å²) in [4.78, 5) is 11.8. The first-order valence-corrected chi connectivity index (χ1v) is 6.86. The maximum atomic E-state index is 13.1. The number of aryl methyl sites for hydroxylation is 2. The number of hydrogen-bond donors (Lipinski definition) is 1. The third kappa shape index (κ3) is 3.41. The average Bonchev–Trinajstić information content (AvgIpc) is 2.72. The molecule has 0 aliphatic carbocycles. The normalized spacial score (nSPS) is 10.6. The molecule has 2 aromatic rings. The van der Waals surface area contributed by atoms with Crippen LogP contribution in [0.2, 0.25) is 0 Å². The van der Waals surface area contributed by atoms with Crippen LogP contribution in [0.5, 0.6) is 0 Å². The Bertz CT molecular complexity index is 641. The predicted molar refractivity (Wildman–Crippen MR) is 76.8 cm³/mol. The number of halogens is 2. The van der Waals surface area contributed by atoms with Gasteiger partial charge >= 0.3 is 0 Å². The molecule has 0 atom stereocenters. The number of carbonyl (C=O) groups excluding carboxylic acids is 1. The van der Waals surface area contributed by atoms with E-state index in [-0.39, 0.29) is 18.1 Å². The van der Waals surface area contributed by atoms with Crippen molar-refractivity contribution in [2.24, 2.45) is 7.05 Å². The number of benzene rings is 1. The van der Waals surface area contributed by atoms with Crippen molar-refractivity contribution in [1.29, 1.82) is 0 Å². The Hall–Kier alpha value is -1.76. The summed E-state index contributed by atoms with van der Waals surface area (Å²) in [6.45, 7) is 1.80. The van der Waals surface area contributed by atoms with E-state index in [4.69, 9.17) is 0 Å². The minimum atomic E-state index is -0.312. The summed E-state index contributed by atoms with van der Waals surface area (Å²) < 4.78 is 15.6. The van der Waals surface area contributed by atoms with Crippen LogP contribution in [0.3, 0.4) is 0 Å². The van der Waals surface area contributed by atoms with Crippen molar-refractivity contribution >= 4 is 27.8 Å². The zero-order valence-corrected chi connectivity index (χ0v) is 12.7. The molecule has 0 radical (unpaired) electrons. The van der Waals surface area contributed by atoms with E-state index in [1.807, 2.05) is 0 Å². The molecule has 1 aromatic heterocycles. The van der Waals surface area contributed by atoms with Crippen molar-refractivity contribution < 1.29 is 9.18 Å². The number of anilines is 1. The lowest BCUT2D eigenvalue weighted by Crippen LogP contribution is -2.15. The van der Waals surface area contributed by atoms with Gasteiger partial charge in [-0.15, -0.1) is 10.2 Å². The van der Waals surface area contributed by atoms with Gasteiger partial charge in [-0.25, -0.2) is 4.39 Å². The lowest BCUT2D eigenvalue weighted by molar-refractivity contribution is -0.116. The van der Waals surface area contributed by atoms with Crippen LogP contribution in [0.25, 0.3) is 0 Å². The van der Waals surface area contributed by atoms with Gasteiger partial charge in [0.15, 0.2) is 0 Å². The third-order valence-corrected chi connectivity index (χ3v) is 3.75. The second-order valence-corrected chi connectivity index (χ2v) is 5.27. The molecule has 20 heavy (non-hydrogen) atoms. The van der Waals surface area contributed by atoms with E-state index in [0.717, 1.165) is 10.0 Å². The fourth-order valence-corrected chi connectivity index (χ4v) is 2.13. The van der Waals surface area contributed by atoms with Crippen LogP contribution in [0.15, 0.2) is 22.7 Å². The summed E-state index contributed by atoms with van der Waals surface area (Å²) in [7, 11) is 1.77. The second-order valence-electron chi connectivity index (χ2n) is 4.41. The first-order valence-electron chi connectivity index (χ1n) is 6.07. The summed E-state index contributed by atoms with van der Waals surface area (Å²) in [5, 5.41) is 10.4. The molecule has 1 N–H and O–H groups in total. The van der Waals surface area contributed by atoms with E-state index in [1.165, 1.54) is 12.1 Å². The van der Waals surface area contributed by atoms with Gasteiger partial charge in [-0.2, -0.15) is 0 Å². The van der Waals surface area contributed by atoms with Crippen LogP contribution in [-0.4, -0.2) is 20.7 Å². The Morgan fingerprint density at radius 3 is 2.85 bits per heavy atom. The molecule has 0 spiro atoms. The van der Waals surface area contributed by atoms with E-state index in [2.05, 4.69) is 31.4 Å². The number of hydrogen-bond acceptors (Lipinski definition) is 3. The standard InChI is InChI=1S/C13H14BrFN4O/c1-8-17-18-13(19(8)2)16-12(20)6-3-9-7-10(15)4-5-11(9)14/h4-5,7H,3,6H2,1-2H3,(H,16,18,20). The van der Waals surface area contributed by atoms with Gasteiger partial charge < -0.3 is 4.57 Å². The van der Waals surface area contributed by atoms with E-state index in [1.54, 1.807) is 24.6 Å². The van der Waals surface area contributed by atoms with E-state index in [9.17, 15) is 9.18 Å². The third-order valence-electron chi connectivity index (χ3n) is 2.97. The van der Waals surface area contributed by atoms with Crippen LogP contribution >= 0.6 is 15.9 Å². The van der Waals surface area contributed by atoms with Crippen molar-refractivity contribution in [3.05, 3.63) is 39.9 Å². The molecule has 7 heteroatoms. The minimum absolute atomic E-state index is 0.184. The Morgan fingerprint density at radius 1 is 1.45 bits per heavy atom. The van der Waals surface area contributed by atoms with E-state index >= 15 is 0 Å². The molecule has 2 rings (SSSR count). The van der Waals surface area contributed by atoms with Gasteiger partial charge in [-0.05, 0) is 37.1 Å². The highest BCUT2D eigenvalue weighted by molar-refractivity contribution is 9.10. The molecule has 0 saturated carbocycles. The fraction of sp³-hybridized carbons (Fsp3) is 0.308. The summed E-state index contributed by atoms with van der Waals surface area (Å²) in [6.07, 6.45) is 0.689. The largest absolute Gasteiger partial charge is 0.300 e. The van der Waals surface area contributed by atoms with Crippen molar-refractivity contribution in [3.63, 3.8) is 0 Å². The quantitative estimate of drug-likeness (QED) is 0.930. The lowest BCUT2D eigenvalue weighted by atomic mass is 10.1. The number of aromatic nitrogens is 3. The Morgan fingerprint density at radius 2 is 2.20 bits per heavy atom. The van der Waals surface area contributed by atoms with Crippen molar-refractivity contribution in [3.8, 4) is 0 Å². The first-order chi connectivity index (χ1) is 9.47. The number of nitrogens with zero attached hydrogens (tertiary/aromatic N) is 3. The summed E-state index contributed by atoms with van der Waals surface area (Å²) in [5.41, 5.74) is 0.759. The molecule has 1 amide bonds. The van der Waals surface area contributed by atoms with Crippen molar-refractivity contribution in [2.45, 2.75) is 19.8 Å². The monoisotopic (exact) mass is 340 g/mol. The maximum absolute atomic E-state index is 13.1. The Kier molecular flexibility index (Phi) is 4.49. The van der Waals surface area contributed by atoms with E-state index in [0.29, 0.717) is 18.2 Å². The zero-order chi connectivity index (χ0) is 14.7. The fourth-order valence-electron chi connectivity index (χ4n) is 1.69. The van der Waals surface area contributed by atoms with E-state index < -0.39 is 0 Å². The summed E-state index contributed by atoms with van der Waals surface area (Å²) in [5.74, 6) is 0.628. The maximum Gasteiger partial charge on any atom is 0.230 e. The predicted octanol–water partition coefficient (Wildman–Crippen LogP) is 2.60. The molecule has 0 aliphatic heterocycles.